The topological polar surface area (TPSA) is 75.4 Å². The molecule has 0 bridgehead atoms. The second-order valence-corrected chi connectivity index (χ2v) is 7.53. The van der Waals surface area contributed by atoms with E-state index < -0.39 is 0 Å². The van der Waals surface area contributed by atoms with Crippen molar-refractivity contribution < 1.29 is 9.59 Å². The van der Waals surface area contributed by atoms with Gasteiger partial charge in [-0.15, -0.1) is 12.4 Å². The predicted octanol–water partition coefficient (Wildman–Crippen LogP) is 3.58. The fraction of sp³-hybridized carbons (Fsp3) is 0.600. The van der Waals surface area contributed by atoms with E-state index >= 15 is 0 Å². The maximum atomic E-state index is 12.7. The highest BCUT2D eigenvalue weighted by molar-refractivity contribution is 6.03. The number of likely N-dealkylation sites (tertiary alicyclic amines) is 1. The summed E-state index contributed by atoms with van der Waals surface area (Å²) in [6.07, 6.45) is 8.12. The number of carbonyl (C=O) groups is 2. The number of nitrogens with two attached hydrogens (primary N) is 1. The predicted molar refractivity (Wildman–Crippen MR) is 107 cm³/mol. The Bertz CT molecular complexity index is 623. The fourth-order valence-electron chi connectivity index (χ4n) is 4.16. The number of anilines is 1. The molecule has 1 saturated carbocycles. The van der Waals surface area contributed by atoms with Gasteiger partial charge in [0, 0.05) is 19.5 Å². The first-order chi connectivity index (χ1) is 12.1. The lowest BCUT2D eigenvalue weighted by atomic mass is 9.71. The van der Waals surface area contributed by atoms with Crippen LogP contribution in [-0.2, 0) is 4.79 Å². The van der Waals surface area contributed by atoms with Gasteiger partial charge in [0.2, 0.25) is 5.91 Å². The van der Waals surface area contributed by atoms with Crippen LogP contribution in [0.15, 0.2) is 24.3 Å². The van der Waals surface area contributed by atoms with E-state index in [1.54, 1.807) is 6.07 Å². The van der Waals surface area contributed by atoms with Crippen molar-refractivity contribution in [3.8, 4) is 0 Å². The van der Waals surface area contributed by atoms with Crippen LogP contribution in [0.2, 0.25) is 0 Å². The fourth-order valence-corrected chi connectivity index (χ4v) is 4.16. The highest BCUT2D eigenvalue weighted by Crippen LogP contribution is 2.38. The van der Waals surface area contributed by atoms with E-state index in [1.807, 2.05) is 23.1 Å². The molecule has 1 aliphatic heterocycles. The molecule has 3 rings (SSSR count). The van der Waals surface area contributed by atoms with Crippen molar-refractivity contribution in [3.05, 3.63) is 29.8 Å². The van der Waals surface area contributed by atoms with Gasteiger partial charge in [0.15, 0.2) is 0 Å². The van der Waals surface area contributed by atoms with Crippen molar-refractivity contribution in [2.75, 3.05) is 25.0 Å². The number of carbonyl (C=O) groups excluding carboxylic acids is 2. The molecule has 1 aliphatic carbocycles. The molecule has 0 atom stereocenters. The SMILES string of the molecule is Cl.NCC1(CC(=O)Nc2ccccc2C(=O)N2CCCC2)CCCCC1. The van der Waals surface area contributed by atoms with Gasteiger partial charge >= 0.3 is 0 Å². The minimum absolute atomic E-state index is 0. The third-order valence-electron chi connectivity index (χ3n) is 5.71. The standard InChI is InChI=1S/C20H29N3O2.ClH/c21-15-20(10-4-1-5-11-20)14-18(24)22-17-9-3-2-8-16(17)19(25)23-12-6-7-13-23;/h2-3,8-9H,1,4-7,10-15,21H2,(H,22,24);1H. The first-order valence-corrected chi connectivity index (χ1v) is 9.52. The molecular formula is C20H30ClN3O2. The summed E-state index contributed by atoms with van der Waals surface area (Å²) < 4.78 is 0. The molecule has 1 saturated heterocycles. The van der Waals surface area contributed by atoms with E-state index in [9.17, 15) is 9.59 Å². The van der Waals surface area contributed by atoms with Crippen LogP contribution in [0, 0.1) is 5.41 Å². The van der Waals surface area contributed by atoms with Crippen LogP contribution < -0.4 is 11.1 Å². The van der Waals surface area contributed by atoms with Gasteiger partial charge in [-0.2, -0.15) is 0 Å². The number of nitrogens with one attached hydrogen (secondary N) is 1. The lowest BCUT2D eigenvalue weighted by molar-refractivity contribution is -0.118. The molecule has 2 amide bonds. The Morgan fingerprint density at radius 3 is 2.35 bits per heavy atom. The number of nitrogens with zero attached hydrogens (tertiary/aromatic N) is 1. The van der Waals surface area contributed by atoms with Crippen LogP contribution in [0.4, 0.5) is 5.69 Å². The lowest BCUT2D eigenvalue weighted by Gasteiger charge is -2.35. The summed E-state index contributed by atoms with van der Waals surface area (Å²) in [7, 11) is 0. The van der Waals surface area contributed by atoms with Gasteiger partial charge in [-0.25, -0.2) is 0 Å². The minimum atomic E-state index is -0.0732. The van der Waals surface area contributed by atoms with Crippen LogP contribution in [0.5, 0.6) is 0 Å². The van der Waals surface area contributed by atoms with Gasteiger partial charge in [0.05, 0.1) is 11.3 Å². The number of amides is 2. The van der Waals surface area contributed by atoms with Gasteiger partial charge in [0.25, 0.3) is 5.91 Å². The molecule has 144 valence electrons. The molecule has 1 heterocycles. The summed E-state index contributed by atoms with van der Waals surface area (Å²) in [4.78, 5) is 27.2. The average molecular weight is 380 g/mol. The minimum Gasteiger partial charge on any atom is -0.339 e. The second-order valence-electron chi connectivity index (χ2n) is 7.53. The maximum Gasteiger partial charge on any atom is 0.255 e. The number of hydrogen-bond donors (Lipinski definition) is 2. The van der Waals surface area contributed by atoms with E-state index in [4.69, 9.17) is 5.73 Å². The summed E-state index contributed by atoms with van der Waals surface area (Å²) >= 11 is 0. The summed E-state index contributed by atoms with van der Waals surface area (Å²) in [6.45, 7) is 2.16. The molecule has 3 N–H and O–H groups in total. The highest BCUT2D eigenvalue weighted by atomic mass is 35.5. The van der Waals surface area contributed by atoms with E-state index in [1.165, 1.54) is 6.42 Å². The zero-order valence-electron chi connectivity index (χ0n) is 15.3. The van der Waals surface area contributed by atoms with Crippen LogP contribution in [0.3, 0.4) is 0 Å². The third-order valence-corrected chi connectivity index (χ3v) is 5.71. The summed E-state index contributed by atoms with van der Waals surface area (Å²) in [5, 5.41) is 2.98. The van der Waals surface area contributed by atoms with Gasteiger partial charge in [-0.1, -0.05) is 31.4 Å². The van der Waals surface area contributed by atoms with Crippen LogP contribution in [0.1, 0.15) is 61.7 Å². The maximum absolute atomic E-state index is 12.7. The molecular weight excluding hydrogens is 350 g/mol. The Labute approximate surface area is 162 Å². The Hall–Kier alpha value is -1.59. The molecule has 5 nitrogen and oxygen atoms in total. The van der Waals surface area contributed by atoms with Crippen LogP contribution in [-0.4, -0.2) is 36.3 Å². The summed E-state index contributed by atoms with van der Waals surface area (Å²) in [6, 6.07) is 7.32. The van der Waals surface area contributed by atoms with Crippen molar-refractivity contribution in [1.29, 1.82) is 0 Å². The monoisotopic (exact) mass is 379 g/mol. The number of benzene rings is 1. The van der Waals surface area contributed by atoms with Crippen molar-refractivity contribution in [2.24, 2.45) is 11.1 Å². The van der Waals surface area contributed by atoms with Gasteiger partial charge < -0.3 is 16.0 Å². The number of rotatable bonds is 5. The van der Waals surface area contributed by atoms with Crippen LogP contribution >= 0.6 is 12.4 Å². The molecule has 1 aromatic carbocycles. The van der Waals surface area contributed by atoms with E-state index in [2.05, 4.69) is 5.32 Å². The Morgan fingerprint density at radius 2 is 1.69 bits per heavy atom. The smallest absolute Gasteiger partial charge is 0.255 e. The molecule has 0 unspecified atom stereocenters. The zero-order chi connectivity index (χ0) is 17.7. The first-order valence-electron chi connectivity index (χ1n) is 9.52. The zero-order valence-corrected chi connectivity index (χ0v) is 16.2. The van der Waals surface area contributed by atoms with Crippen molar-refractivity contribution >= 4 is 29.9 Å². The lowest BCUT2D eigenvalue weighted by Crippen LogP contribution is -2.36. The molecule has 0 radical (unpaired) electrons. The molecule has 2 aliphatic rings. The molecule has 6 heteroatoms. The third kappa shape index (κ3) is 4.77. The van der Waals surface area contributed by atoms with E-state index in [-0.39, 0.29) is 29.6 Å². The largest absolute Gasteiger partial charge is 0.339 e. The first kappa shape index (κ1) is 20.7. The second kappa shape index (κ2) is 9.38. The number of halogens is 1. The van der Waals surface area contributed by atoms with E-state index in [0.717, 1.165) is 51.6 Å². The van der Waals surface area contributed by atoms with E-state index in [0.29, 0.717) is 24.2 Å². The van der Waals surface area contributed by atoms with Crippen molar-refractivity contribution in [2.45, 2.75) is 51.4 Å². The number of para-hydroxylation sites is 1. The molecule has 0 aromatic heterocycles. The molecule has 26 heavy (non-hydrogen) atoms. The van der Waals surface area contributed by atoms with Crippen molar-refractivity contribution in [3.63, 3.8) is 0 Å². The summed E-state index contributed by atoms with van der Waals surface area (Å²) in [5.74, 6) is -0.0198. The van der Waals surface area contributed by atoms with Gasteiger partial charge in [0.1, 0.15) is 0 Å². The Morgan fingerprint density at radius 1 is 1.04 bits per heavy atom. The van der Waals surface area contributed by atoms with Crippen molar-refractivity contribution in [1.82, 2.24) is 4.90 Å². The Balaban J connectivity index is 0.00000243. The van der Waals surface area contributed by atoms with Gasteiger partial charge in [-0.3, -0.25) is 9.59 Å². The average Bonchev–Trinajstić information content (AvgIpc) is 3.17. The molecule has 2 fully saturated rings. The quantitative estimate of drug-likeness (QED) is 0.820. The number of hydrogen-bond acceptors (Lipinski definition) is 3. The van der Waals surface area contributed by atoms with Gasteiger partial charge in [-0.05, 0) is 49.8 Å². The van der Waals surface area contributed by atoms with Crippen LogP contribution in [0.25, 0.3) is 0 Å². The normalized spacial score (nSPS) is 18.9. The highest BCUT2D eigenvalue weighted by Gasteiger charge is 2.33. The summed E-state index contributed by atoms with van der Waals surface area (Å²) in [5.41, 5.74) is 7.13. The molecule has 1 aromatic rings. The molecule has 0 spiro atoms. The Kier molecular flexibility index (Phi) is 7.47.